The predicted molar refractivity (Wildman–Crippen MR) is 154 cm³/mol. The van der Waals surface area contributed by atoms with Crippen molar-refractivity contribution in [3.8, 4) is 51.7 Å². The van der Waals surface area contributed by atoms with Gasteiger partial charge >= 0.3 is 0 Å². The van der Waals surface area contributed by atoms with Crippen LogP contribution in [-0.4, -0.2) is 50.0 Å². The molecule has 0 spiro atoms. The topological polar surface area (TPSA) is 160 Å². The van der Waals surface area contributed by atoms with Crippen molar-refractivity contribution < 1.29 is 45.2 Å². The van der Waals surface area contributed by atoms with Crippen molar-refractivity contribution in [1.29, 1.82) is 0 Å². The molecule has 0 atom stereocenters. The van der Waals surface area contributed by atoms with Crippen LogP contribution in [0.3, 0.4) is 0 Å². The third-order valence-electron chi connectivity index (χ3n) is 5.98. The molecular weight excluding hydrogens is 552 g/mol. The molecule has 7 N–H and O–H groups in total. The first-order valence-electron chi connectivity index (χ1n) is 11.0. The van der Waals surface area contributed by atoms with Crippen molar-refractivity contribution in [2.45, 2.75) is 56.2 Å². The Morgan fingerprint density at radius 2 is 0.658 bits per heavy atom. The van der Waals surface area contributed by atoms with E-state index in [-0.39, 0.29) is 39.9 Å². The summed E-state index contributed by atoms with van der Waals surface area (Å²) in [6, 6.07) is 0. The minimum atomic E-state index is -0.595. The number of phenolic OH excluding ortho intramolecular Hbond substituents is 7. The molecule has 0 fully saturated rings. The Hall–Kier alpha value is -3.09. The van der Waals surface area contributed by atoms with Crippen LogP contribution in [0.25, 0.3) is 0 Å². The summed E-state index contributed by atoms with van der Waals surface area (Å²) in [6.07, 6.45) is 0. The first-order chi connectivity index (χ1) is 17.5. The van der Waals surface area contributed by atoms with E-state index in [1.165, 1.54) is 21.0 Å². The maximum Gasteiger partial charge on any atom is 0.203 e. The maximum absolute atomic E-state index is 9.44. The molecule has 12 heteroatoms. The monoisotopic (exact) mass is 586 g/mol. The molecule has 0 aliphatic rings. The summed E-state index contributed by atoms with van der Waals surface area (Å²) in [6.45, 7) is 9.90. The van der Waals surface area contributed by atoms with E-state index in [2.05, 4.69) is 37.9 Å². The molecule has 0 saturated heterocycles. The molecule has 210 valence electrons. The number of hydrogen-bond donors (Lipinski definition) is 10. The van der Waals surface area contributed by atoms with Crippen LogP contribution in [0.15, 0.2) is 14.7 Å². The SMILES string of the molecule is COc1c(O)c(C)c(O)c(C)c1O.COc1c(S)c(C)c(S)c(C)c1S.Cc1c(O)c(C)c(O)c(O)c1O. The molecule has 0 aromatic heterocycles. The van der Waals surface area contributed by atoms with E-state index in [4.69, 9.17) is 24.8 Å². The molecule has 38 heavy (non-hydrogen) atoms. The van der Waals surface area contributed by atoms with Crippen LogP contribution in [0, 0.1) is 41.5 Å². The molecular formula is C26H34O9S3. The van der Waals surface area contributed by atoms with Crippen LogP contribution in [0.1, 0.15) is 33.4 Å². The van der Waals surface area contributed by atoms with Gasteiger partial charge in [0.15, 0.2) is 23.0 Å². The van der Waals surface area contributed by atoms with Crippen molar-refractivity contribution in [2.75, 3.05) is 14.2 Å². The highest BCUT2D eigenvalue weighted by Crippen LogP contribution is 2.46. The van der Waals surface area contributed by atoms with E-state index < -0.39 is 17.2 Å². The largest absolute Gasteiger partial charge is 0.507 e. The Balaban J connectivity index is 0.000000285. The lowest BCUT2D eigenvalue weighted by Gasteiger charge is -2.14. The third-order valence-corrected chi connectivity index (χ3v) is 7.73. The smallest absolute Gasteiger partial charge is 0.203 e. The van der Waals surface area contributed by atoms with Gasteiger partial charge in [-0.3, -0.25) is 0 Å². The number of methoxy groups -OCH3 is 2. The van der Waals surface area contributed by atoms with Gasteiger partial charge in [0, 0.05) is 27.1 Å². The Labute approximate surface area is 238 Å². The lowest BCUT2D eigenvalue weighted by molar-refractivity contribution is 0.336. The Morgan fingerprint density at radius 3 is 0.947 bits per heavy atom. The van der Waals surface area contributed by atoms with Crippen molar-refractivity contribution in [1.82, 2.24) is 0 Å². The average Bonchev–Trinajstić information content (AvgIpc) is 2.91. The second kappa shape index (κ2) is 13.1. The summed E-state index contributed by atoms with van der Waals surface area (Å²) in [5.74, 6) is -1.65. The Kier molecular flexibility index (Phi) is 11.4. The fraction of sp³-hybridized carbons (Fsp3) is 0.308. The van der Waals surface area contributed by atoms with E-state index in [1.54, 1.807) is 21.0 Å². The fourth-order valence-corrected chi connectivity index (χ4v) is 4.39. The zero-order valence-electron chi connectivity index (χ0n) is 22.3. The molecule has 9 nitrogen and oxygen atoms in total. The molecule has 0 aliphatic heterocycles. The summed E-state index contributed by atoms with van der Waals surface area (Å²) in [5, 5.41) is 64.9. The van der Waals surface area contributed by atoms with Crippen LogP contribution >= 0.6 is 37.9 Å². The van der Waals surface area contributed by atoms with Gasteiger partial charge in [-0.25, -0.2) is 0 Å². The van der Waals surface area contributed by atoms with Gasteiger partial charge in [-0.15, -0.1) is 37.9 Å². The molecule has 0 amide bonds. The molecule has 0 aliphatic carbocycles. The average molecular weight is 587 g/mol. The standard InChI is InChI=1S/C9H12O4.C9H12OS3.C8H10O4/c1-4-6(10)5(2)8(12)9(13-3)7(4)11;1-4-7(11)5(2)9(13)6(10-3)8(4)12;1-3-5(9)4(2)7(11)8(12)6(3)10/h10-12H,1-3H3;11-13H,1-3H3;9-12H,1-2H3. The minimum absolute atomic E-state index is 0.00667. The summed E-state index contributed by atoms with van der Waals surface area (Å²) in [4.78, 5) is 2.54. The Bertz CT molecular complexity index is 1120. The van der Waals surface area contributed by atoms with Crippen molar-refractivity contribution >= 4 is 37.9 Å². The molecule has 3 aromatic rings. The van der Waals surface area contributed by atoms with Crippen LogP contribution in [0.5, 0.6) is 51.7 Å². The van der Waals surface area contributed by atoms with Gasteiger partial charge in [-0.2, -0.15) is 0 Å². The number of phenols is 7. The van der Waals surface area contributed by atoms with Gasteiger partial charge in [0.1, 0.15) is 17.2 Å². The van der Waals surface area contributed by atoms with Crippen LogP contribution in [0.2, 0.25) is 0 Å². The van der Waals surface area contributed by atoms with Crippen LogP contribution in [0.4, 0.5) is 0 Å². The zero-order chi connectivity index (χ0) is 29.8. The minimum Gasteiger partial charge on any atom is -0.507 e. The maximum atomic E-state index is 9.44. The highest BCUT2D eigenvalue weighted by Gasteiger charge is 2.19. The van der Waals surface area contributed by atoms with Crippen molar-refractivity contribution in [3.05, 3.63) is 33.4 Å². The lowest BCUT2D eigenvalue weighted by atomic mass is 10.1. The number of thiol groups is 3. The highest BCUT2D eigenvalue weighted by molar-refractivity contribution is 7.82. The molecule has 0 radical (unpaired) electrons. The first-order valence-corrected chi connectivity index (χ1v) is 12.3. The van der Waals surface area contributed by atoms with Gasteiger partial charge in [0.25, 0.3) is 0 Å². The molecule has 0 heterocycles. The summed E-state index contributed by atoms with van der Waals surface area (Å²) >= 11 is 13.1. The number of hydrogen-bond acceptors (Lipinski definition) is 12. The van der Waals surface area contributed by atoms with Gasteiger partial charge < -0.3 is 45.2 Å². The van der Waals surface area contributed by atoms with Gasteiger partial charge in [-0.1, -0.05) is 0 Å². The van der Waals surface area contributed by atoms with Gasteiger partial charge in [0.05, 0.1) is 24.0 Å². The van der Waals surface area contributed by atoms with Gasteiger partial charge in [0.2, 0.25) is 11.5 Å². The summed E-state index contributed by atoms with van der Waals surface area (Å²) < 4.78 is 9.99. The quantitative estimate of drug-likeness (QED) is 0.103. The van der Waals surface area contributed by atoms with E-state index in [1.807, 2.05) is 13.8 Å². The van der Waals surface area contributed by atoms with E-state index in [0.29, 0.717) is 11.1 Å². The van der Waals surface area contributed by atoms with Crippen molar-refractivity contribution in [3.63, 3.8) is 0 Å². The second-order valence-corrected chi connectivity index (χ2v) is 9.64. The molecule has 0 saturated carbocycles. The normalized spacial score (nSPS) is 10.2. The molecule has 0 bridgehead atoms. The van der Waals surface area contributed by atoms with E-state index in [0.717, 1.165) is 31.6 Å². The first kappa shape index (κ1) is 32.9. The predicted octanol–water partition coefficient (Wildman–Crippen LogP) is 5.73. The van der Waals surface area contributed by atoms with Crippen molar-refractivity contribution in [2.24, 2.45) is 0 Å². The lowest BCUT2D eigenvalue weighted by Crippen LogP contribution is -1.94. The number of aromatic hydroxyl groups is 7. The second-order valence-electron chi connectivity index (χ2n) is 8.30. The van der Waals surface area contributed by atoms with Gasteiger partial charge in [-0.05, 0) is 52.7 Å². The molecule has 3 rings (SSSR count). The zero-order valence-corrected chi connectivity index (χ0v) is 25.0. The van der Waals surface area contributed by atoms with E-state index >= 15 is 0 Å². The number of rotatable bonds is 2. The van der Waals surface area contributed by atoms with Crippen LogP contribution in [-0.2, 0) is 0 Å². The third kappa shape index (κ3) is 6.30. The number of ether oxygens (including phenoxy) is 2. The summed E-state index contributed by atoms with van der Waals surface area (Å²) in [5.41, 5.74) is 2.96. The molecule has 3 aromatic carbocycles. The fourth-order valence-electron chi connectivity index (χ4n) is 3.28. The summed E-state index contributed by atoms with van der Waals surface area (Å²) in [7, 11) is 2.95. The van der Waals surface area contributed by atoms with Crippen LogP contribution < -0.4 is 9.47 Å². The Morgan fingerprint density at radius 1 is 0.368 bits per heavy atom. The highest BCUT2D eigenvalue weighted by atomic mass is 32.1. The number of benzene rings is 3. The molecule has 0 unspecified atom stereocenters. The van der Waals surface area contributed by atoms with E-state index in [9.17, 15) is 20.4 Å².